The van der Waals surface area contributed by atoms with E-state index in [0.717, 1.165) is 12.0 Å². The fourth-order valence-electron chi connectivity index (χ4n) is 4.01. The second kappa shape index (κ2) is 7.60. The summed E-state index contributed by atoms with van der Waals surface area (Å²) < 4.78 is 5.28. The number of nitrogens with zero attached hydrogens (tertiary/aromatic N) is 3. The Morgan fingerprint density at radius 3 is 2.33 bits per heavy atom. The van der Waals surface area contributed by atoms with Gasteiger partial charge in [0.1, 0.15) is 28.2 Å². The lowest BCUT2D eigenvalue weighted by molar-refractivity contribution is 0.0950. The fraction of sp³-hybridized carbons (Fsp3) is 0.409. The van der Waals surface area contributed by atoms with Crippen LogP contribution in [0.1, 0.15) is 57.0 Å². The second-order valence-electron chi connectivity index (χ2n) is 9.33. The first-order chi connectivity index (χ1) is 13.9. The lowest BCUT2D eigenvalue weighted by atomic mass is 9.72. The van der Waals surface area contributed by atoms with Crippen molar-refractivity contribution in [1.82, 2.24) is 20.4 Å². The number of ether oxygens (including phenoxy) is 1. The van der Waals surface area contributed by atoms with Crippen LogP contribution in [0.15, 0.2) is 30.3 Å². The Labute approximate surface area is 176 Å². The molecule has 0 unspecified atom stereocenters. The van der Waals surface area contributed by atoms with E-state index in [0.29, 0.717) is 22.5 Å². The van der Waals surface area contributed by atoms with Crippen LogP contribution in [-0.2, 0) is 5.41 Å². The molecule has 3 aromatic rings. The Morgan fingerprint density at radius 1 is 1.13 bits per heavy atom. The maximum atomic E-state index is 12.0. The number of nitrogen functional groups attached to an aromatic ring is 1. The molecule has 0 spiro atoms. The molecule has 1 amide bonds. The van der Waals surface area contributed by atoms with Crippen molar-refractivity contribution in [3.05, 3.63) is 41.5 Å². The number of nitrogens with two attached hydrogens (primary N) is 1. The van der Waals surface area contributed by atoms with Crippen LogP contribution >= 0.6 is 0 Å². The van der Waals surface area contributed by atoms with E-state index in [-0.39, 0.29) is 22.1 Å². The number of benzene rings is 2. The molecule has 0 aliphatic carbocycles. The highest BCUT2D eigenvalue weighted by atomic mass is 16.5. The van der Waals surface area contributed by atoms with E-state index in [1.807, 2.05) is 12.1 Å². The van der Waals surface area contributed by atoms with Crippen molar-refractivity contribution in [2.75, 3.05) is 7.11 Å². The van der Waals surface area contributed by atoms with Gasteiger partial charge in [0.25, 0.3) is 5.91 Å². The Morgan fingerprint density at radius 2 is 1.77 bits per heavy atom. The smallest absolute Gasteiger partial charge is 0.269 e. The van der Waals surface area contributed by atoms with E-state index in [1.165, 1.54) is 11.9 Å². The fourth-order valence-corrected chi connectivity index (χ4v) is 4.01. The molecule has 0 bridgehead atoms. The predicted molar refractivity (Wildman–Crippen MR) is 116 cm³/mol. The number of hydrogen-bond acceptors (Lipinski definition) is 6. The molecular formula is C22H29N5O3. The third-order valence-corrected chi connectivity index (χ3v) is 5.02. The number of carbonyl (C=O) groups excluding carboxylic acids is 1. The van der Waals surface area contributed by atoms with Gasteiger partial charge in [0.15, 0.2) is 0 Å². The van der Waals surface area contributed by atoms with Crippen LogP contribution in [0, 0.1) is 5.41 Å². The molecule has 2 aromatic carbocycles. The molecule has 0 atom stereocenters. The minimum atomic E-state index is -0.489. The van der Waals surface area contributed by atoms with Crippen molar-refractivity contribution >= 4 is 16.9 Å². The Hall–Kier alpha value is -3.13. The van der Waals surface area contributed by atoms with Crippen LogP contribution in [-0.4, -0.2) is 33.1 Å². The van der Waals surface area contributed by atoms with E-state index in [1.54, 1.807) is 18.2 Å². The number of methoxy groups -OCH3 is 1. The highest BCUT2D eigenvalue weighted by Crippen LogP contribution is 2.38. The van der Waals surface area contributed by atoms with Crippen LogP contribution in [0.25, 0.3) is 16.7 Å². The van der Waals surface area contributed by atoms with Crippen LogP contribution in [0.2, 0.25) is 0 Å². The molecule has 0 saturated carbocycles. The van der Waals surface area contributed by atoms with E-state index in [9.17, 15) is 9.90 Å². The number of amides is 1. The highest BCUT2D eigenvalue weighted by molar-refractivity contribution is 6.00. The molecular weight excluding hydrogens is 382 g/mol. The molecule has 8 heteroatoms. The maximum Gasteiger partial charge on any atom is 0.269 e. The number of rotatable bonds is 5. The summed E-state index contributed by atoms with van der Waals surface area (Å²) in [7, 11) is 1.46. The summed E-state index contributed by atoms with van der Waals surface area (Å²) in [5, 5.41) is 19.4. The number of phenols is 1. The van der Waals surface area contributed by atoms with Gasteiger partial charge >= 0.3 is 0 Å². The zero-order chi connectivity index (χ0) is 22.3. The number of aromatic nitrogens is 3. The maximum absolute atomic E-state index is 12.0. The highest BCUT2D eigenvalue weighted by Gasteiger charge is 2.28. The van der Waals surface area contributed by atoms with Crippen LogP contribution in [0.3, 0.4) is 0 Å². The SMILES string of the molecule is COc1cc2nn(-c3cc(C(C)(C)CC(C)(C)C)ccc3O)nc2cc1C(=O)NN. The Kier molecular flexibility index (Phi) is 5.47. The first kappa shape index (κ1) is 21.6. The van der Waals surface area contributed by atoms with E-state index >= 15 is 0 Å². The van der Waals surface area contributed by atoms with Gasteiger partial charge in [0, 0.05) is 6.07 Å². The van der Waals surface area contributed by atoms with Gasteiger partial charge in [-0.1, -0.05) is 40.7 Å². The number of aromatic hydroxyl groups is 1. The normalized spacial score (nSPS) is 12.2. The van der Waals surface area contributed by atoms with E-state index in [2.05, 4.69) is 50.2 Å². The van der Waals surface area contributed by atoms with Gasteiger partial charge in [-0.15, -0.1) is 15.0 Å². The molecule has 0 saturated heterocycles. The molecule has 8 nitrogen and oxygen atoms in total. The standard InChI is InChI=1S/C22H29N5O3/c1-21(2,3)12-22(4,5)13-7-8-18(28)17(9-13)27-25-15-10-14(20(29)24-23)19(30-6)11-16(15)26-27/h7-11,28H,12,23H2,1-6H3,(H,24,29). The second-order valence-corrected chi connectivity index (χ2v) is 9.33. The monoisotopic (exact) mass is 411 g/mol. The average Bonchev–Trinajstić information content (AvgIpc) is 3.07. The minimum absolute atomic E-state index is 0.0671. The number of hydrogen-bond donors (Lipinski definition) is 3. The summed E-state index contributed by atoms with van der Waals surface area (Å²) >= 11 is 0. The van der Waals surface area contributed by atoms with Gasteiger partial charge in [-0.3, -0.25) is 10.2 Å². The lowest BCUT2D eigenvalue weighted by Gasteiger charge is -2.33. The first-order valence-electron chi connectivity index (χ1n) is 9.75. The molecule has 0 radical (unpaired) electrons. The zero-order valence-electron chi connectivity index (χ0n) is 18.3. The van der Waals surface area contributed by atoms with Gasteiger partial charge in [-0.05, 0) is 41.0 Å². The molecule has 1 heterocycles. The Balaban J connectivity index is 2.10. The van der Waals surface area contributed by atoms with Gasteiger partial charge in [0.05, 0.1) is 12.7 Å². The lowest BCUT2D eigenvalue weighted by Crippen LogP contribution is -2.30. The minimum Gasteiger partial charge on any atom is -0.506 e. The van der Waals surface area contributed by atoms with E-state index < -0.39 is 5.91 Å². The van der Waals surface area contributed by atoms with Crippen molar-refractivity contribution in [1.29, 1.82) is 0 Å². The number of carbonyl (C=O) groups is 1. The summed E-state index contributed by atoms with van der Waals surface area (Å²) in [6.45, 7) is 11.0. The summed E-state index contributed by atoms with van der Waals surface area (Å²) in [6, 6.07) is 8.68. The van der Waals surface area contributed by atoms with Gasteiger partial charge in [-0.25, -0.2) is 5.84 Å². The van der Waals surface area contributed by atoms with Crippen LogP contribution in [0.4, 0.5) is 0 Å². The van der Waals surface area contributed by atoms with Crippen molar-refractivity contribution in [3.63, 3.8) is 0 Å². The number of nitrogens with one attached hydrogen (secondary N) is 1. The molecule has 4 N–H and O–H groups in total. The van der Waals surface area contributed by atoms with Crippen molar-refractivity contribution < 1.29 is 14.6 Å². The van der Waals surface area contributed by atoms with Crippen molar-refractivity contribution in [3.8, 4) is 17.2 Å². The zero-order valence-corrected chi connectivity index (χ0v) is 18.3. The summed E-state index contributed by atoms with van der Waals surface area (Å²) in [6.07, 6.45) is 0.966. The number of hydrazine groups is 1. The quantitative estimate of drug-likeness (QED) is 0.336. The topological polar surface area (TPSA) is 115 Å². The first-order valence-corrected chi connectivity index (χ1v) is 9.75. The van der Waals surface area contributed by atoms with Crippen LogP contribution in [0.5, 0.6) is 11.5 Å². The molecule has 0 fully saturated rings. The van der Waals surface area contributed by atoms with E-state index in [4.69, 9.17) is 10.6 Å². The largest absolute Gasteiger partial charge is 0.506 e. The molecule has 3 rings (SSSR count). The van der Waals surface area contributed by atoms with Crippen molar-refractivity contribution in [2.24, 2.45) is 11.3 Å². The number of phenolic OH excluding ortho intramolecular Hbond substituents is 1. The molecule has 30 heavy (non-hydrogen) atoms. The number of fused-ring (bicyclic) bond motifs is 1. The van der Waals surface area contributed by atoms with Crippen molar-refractivity contribution in [2.45, 2.75) is 46.5 Å². The molecule has 0 aliphatic rings. The summed E-state index contributed by atoms with van der Waals surface area (Å²) in [4.78, 5) is 13.4. The predicted octanol–water partition coefficient (Wildman–Crippen LogP) is 3.45. The Bertz CT molecular complexity index is 1100. The van der Waals surface area contributed by atoms with Crippen LogP contribution < -0.4 is 16.0 Å². The van der Waals surface area contributed by atoms with Gasteiger partial charge < -0.3 is 9.84 Å². The molecule has 1 aromatic heterocycles. The molecule has 0 aliphatic heterocycles. The molecule has 160 valence electrons. The van der Waals surface area contributed by atoms with Gasteiger partial charge in [0.2, 0.25) is 0 Å². The third-order valence-electron chi connectivity index (χ3n) is 5.02. The van der Waals surface area contributed by atoms with Gasteiger partial charge in [-0.2, -0.15) is 0 Å². The summed E-state index contributed by atoms with van der Waals surface area (Å²) in [5.41, 5.74) is 4.94. The third kappa shape index (κ3) is 4.23. The summed E-state index contributed by atoms with van der Waals surface area (Å²) in [5.74, 6) is 5.17. The average molecular weight is 412 g/mol.